The number of hydrogen-bond donors (Lipinski definition) is 2. The molecule has 2 heterocycles. The van der Waals surface area contributed by atoms with Gasteiger partial charge in [-0.15, -0.1) is 10.2 Å². The van der Waals surface area contributed by atoms with Crippen LogP contribution >= 0.6 is 11.3 Å². The molecule has 1 amide bonds. The fraction of sp³-hybridized carbons (Fsp3) is 0.312. The van der Waals surface area contributed by atoms with E-state index >= 15 is 0 Å². The highest BCUT2D eigenvalue weighted by molar-refractivity contribution is 7.14. The fourth-order valence-electron chi connectivity index (χ4n) is 1.86. The Morgan fingerprint density at radius 2 is 2.04 bits per heavy atom. The van der Waals surface area contributed by atoms with Crippen molar-refractivity contribution in [2.75, 3.05) is 7.11 Å². The van der Waals surface area contributed by atoms with Crippen molar-refractivity contribution in [1.29, 1.82) is 0 Å². The predicted molar refractivity (Wildman–Crippen MR) is 101 cm³/mol. The Morgan fingerprint density at radius 3 is 2.67 bits per heavy atom. The summed E-state index contributed by atoms with van der Waals surface area (Å²) in [7, 11) is 1.26. The molecule has 0 aliphatic rings. The summed E-state index contributed by atoms with van der Waals surface area (Å²) in [5, 5.41) is 15.5. The number of hydrogen-bond acceptors (Lipinski definition) is 10. The van der Waals surface area contributed by atoms with Crippen LogP contribution in [0, 0.1) is 0 Å². The average Bonchev–Trinajstić information content (AvgIpc) is 3.15. The number of aliphatic imine (C=N–C) groups is 1. The number of amides is 1. The zero-order chi connectivity index (χ0) is 19.9. The molecular weight excluding hydrogens is 370 g/mol. The van der Waals surface area contributed by atoms with Crippen LogP contribution in [0.25, 0.3) is 10.6 Å². The van der Waals surface area contributed by atoms with Gasteiger partial charge in [0.25, 0.3) is 5.91 Å². The SMILES string of the molecule is COC(=O)C(C)(C)N=C/C(=N\N)C(=O)NCc1nnc(-c2ccncc2)s1. The molecule has 142 valence electrons. The molecule has 27 heavy (non-hydrogen) atoms. The van der Waals surface area contributed by atoms with E-state index in [4.69, 9.17) is 5.84 Å². The van der Waals surface area contributed by atoms with Crippen molar-refractivity contribution >= 4 is 35.1 Å². The van der Waals surface area contributed by atoms with Crippen LogP contribution in [-0.4, -0.2) is 51.6 Å². The summed E-state index contributed by atoms with van der Waals surface area (Å²) in [6.07, 6.45) is 4.46. The Balaban J connectivity index is 1.98. The van der Waals surface area contributed by atoms with E-state index in [2.05, 4.69) is 35.3 Å². The largest absolute Gasteiger partial charge is 0.467 e. The second-order valence-electron chi connectivity index (χ2n) is 5.74. The van der Waals surface area contributed by atoms with Gasteiger partial charge in [0.15, 0.2) is 11.3 Å². The summed E-state index contributed by atoms with van der Waals surface area (Å²) in [6, 6.07) is 3.64. The predicted octanol–water partition coefficient (Wildman–Crippen LogP) is 0.553. The quantitative estimate of drug-likeness (QED) is 0.304. The first kappa shape index (κ1) is 20.1. The van der Waals surface area contributed by atoms with E-state index in [1.165, 1.54) is 18.4 Å². The smallest absolute Gasteiger partial charge is 0.333 e. The van der Waals surface area contributed by atoms with E-state index in [-0.39, 0.29) is 12.3 Å². The first-order valence-electron chi connectivity index (χ1n) is 7.80. The molecule has 2 rings (SSSR count). The Labute approximate surface area is 159 Å². The standard InChI is InChI=1S/C16H19N7O3S/c1-16(2,15(25)26-3)20-8-11(21-17)13(24)19-9-12-22-23-14(27-12)10-4-6-18-7-5-10/h4-8H,9,17H2,1-3H3,(H,19,24)/b20-8?,21-11+. The van der Waals surface area contributed by atoms with Gasteiger partial charge in [0, 0.05) is 18.0 Å². The Bertz CT molecular complexity index is 862. The number of pyridine rings is 1. The van der Waals surface area contributed by atoms with Crippen molar-refractivity contribution < 1.29 is 14.3 Å². The van der Waals surface area contributed by atoms with E-state index < -0.39 is 17.4 Å². The highest BCUT2D eigenvalue weighted by atomic mass is 32.1. The average molecular weight is 389 g/mol. The summed E-state index contributed by atoms with van der Waals surface area (Å²) in [4.78, 5) is 31.8. The van der Waals surface area contributed by atoms with Gasteiger partial charge in [0.1, 0.15) is 10.0 Å². The lowest BCUT2D eigenvalue weighted by Crippen LogP contribution is -2.35. The molecule has 0 spiro atoms. The molecule has 2 aromatic rings. The maximum absolute atomic E-state index is 12.2. The molecule has 0 unspecified atom stereocenters. The molecule has 0 aromatic carbocycles. The van der Waals surface area contributed by atoms with Crippen molar-refractivity contribution in [1.82, 2.24) is 20.5 Å². The van der Waals surface area contributed by atoms with Crippen molar-refractivity contribution in [2.45, 2.75) is 25.9 Å². The zero-order valence-corrected chi connectivity index (χ0v) is 15.9. The molecule has 0 saturated heterocycles. The van der Waals surface area contributed by atoms with E-state index in [1.807, 2.05) is 12.1 Å². The van der Waals surface area contributed by atoms with E-state index in [0.717, 1.165) is 16.8 Å². The second-order valence-corrected chi connectivity index (χ2v) is 6.80. The molecule has 0 aliphatic heterocycles. The molecular formula is C16H19N7O3S. The Kier molecular flexibility index (Phi) is 6.66. The van der Waals surface area contributed by atoms with Gasteiger partial charge in [0.05, 0.1) is 19.9 Å². The number of nitrogens with zero attached hydrogens (tertiary/aromatic N) is 5. The third kappa shape index (κ3) is 5.38. The van der Waals surface area contributed by atoms with Crippen LogP contribution in [0.15, 0.2) is 34.6 Å². The van der Waals surface area contributed by atoms with Gasteiger partial charge < -0.3 is 15.9 Å². The van der Waals surface area contributed by atoms with Gasteiger partial charge >= 0.3 is 5.97 Å². The summed E-state index contributed by atoms with van der Waals surface area (Å²) < 4.78 is 4.64. The third-order valence-corrected chi connectivity index (χ3v) is 4.33. The minimum absolute atomic E-state index is 0.133. The molecule has 0 radical (unpaired) electrons. The van der Waals surface area contributed by atoms with Crippen molar-refractivity contribution in [3.05, 3.63) is 29.5 Å². The van der Waals surface area contributed by atoms with Gasteiger partial charge in [-0.3, -0.25) is 14.8 Å². The van der Waals surface area contributed by atoms with Gasteiger partial charge in [-0.05, 0) is 26.0 Å². The van der Waals surface area contributed by atoms with Crippen LogP contribution in [0.5, 0.6) is 0 Å². The number of nitrogens with one attached hydrogen (secondary N) is 1. The normalized spacial score (nSPS) is 12.2. The van der Waals surface area contributed by atoms with Gasteiger partial charge in [-0.25, -0.2) is 4.79 Å². The highest BCUT2D eigenvalue weighted by Crippen LogP contribution is 2.22. The van der Waals surface area contributed by atoms with Crippen LogP contribution in [-0.2, 0) is 20.9 Å². The molecule has 10 nitrogen and oxygen atoms in total. The van der Waals surface area contributed by atoms with Crippen molar-refractivity contribution in [3.63, 3.8) is 0 Å². The van der Waals surface area contributed by atoms with Crippen LogP contribution in [0.3, 0.4) is 0 Å². The van der Waals surface area contributed by atoms with Crippen LogP contribution in [0.4, 0.5) is 0 Å². The van der Waals surface area contributed by atoms with E-state index in [9.17, 15) is 9.59 Å². The van der Waals surface area contributed by atoms with Crippen LogP contribution in [0.2, 0.25) is 0 Å². The zero-order valence-electron chi connectivity index (χ0n) is 15.0. The maximum Gasteiger partial charge on any atom is 0.333 e. The first-order chi connectivity index (χ1) is 12.9. The number of nitrogens with two attached hydrogens (primary N) is 1. The third-order valence-electron chi connectivity index (χ3n) is 3.36. The first-order valence-corrected chi connectivity index (χ1v) is 8.61. The number of esters is 1. The highest BCUT2D eigenvalue weighted by Gasteiger charge is 2.27. The monoisotopic (exact) mass is 389 g/mol. The number of methoxy groups -OCH3 is 1. The van der Waals surface area contributed by atoms with Gasteiger partial charge in [-0.1, -0.05) is 11.3 Å². The van der Waals surface area contributed by atoms with Gasteiger partial charge in [0.2, 0.25) is 0 Å². The number of ether oxygens (including phenoxy) is 1. The lowest BCUT2D eigenvalue weighted by molar-refractivity contribution is -0.145. The molecule has 0 atom stereocenters. The van der Waals surface area contributed by atoms with Gasteiger partial charge in [-0.2, -0.15) is 5.10 Å². The van der Waals surface area contributed by atoms with Crippen LogP contribution in [0.1, 0.15) is 18.9 Å². The van der Waals surface area contributed by atoms with Crippen molar-refractivity contribution in [3.8, 4) is 10.6 Å². The number of hydrazone groups is 1. The molecule has 11 heteroatoms. The van der Waals surface area contributed by atoms with Crippen molar-refractivity contribution in [2.24, 2.45) is 15.9 Å². The number of aromatic nitrogens is 3. The molecule has 0 aliphatic carbocycles. The topological polar surface area (TPSA) is 145 Å². The van der Waals surface area contributed by atoms with E-state index in [1.54, 1.807) is 26.2 Å². The lowest BCUT2D eigenvalue weighted by Gasteiger charge is -2.15. The summed E-state index contributed by atoms with van der Waals surface area (Å²) in [5.41, 5.74) is -0.406. The summed E-state index contributed by atoms with van der Waals surface area (Å²) in [6.45, 7) is 3.24. The molecule has 0 saturated carbocycles. The Hall–Kier alpha value is -3.21. The Morgan fingerprint density at radius 1 is 1.33 bits per heavy atom. The number of rotatable bonds is 7. The van der Waals surface area contributed by atoms with E-state index in [0.29, 0.717) is 5.01 Å². The number of carbonyl (C=O) groups is 2. The summed E-state index contributed by atoms with van der Waals surface area (Å²) in [5.74, 6) is 4.15. The summed E-state index contributed by atoms with van der Waals surface area (Å²) >= 11 is 1.34. The minimum Gasteiger partial charge on any atom is -0.467 e. The maximum atomic E-state index is 12.2. The number of carbonyl (C=O) groups excluding carboxylic acids is 2. The molecule has 3 N–H and O–H groups in total. The lowest BCUT2D eigenvalue weighted by atomic mass is 10.1. The second kappa shape index (κ2) is 8.94. The molecule has 2 aromatic heterocycles. The molecule has 0 fully saturated rings. The molecule has 0 bridgehead atoms. The fourth-order valence-corrected chi connectivity index (χ4v) is 2.64. The van der Waals surface area contributed by atoms with Crippen LogP contribution < -0.4 is 11.2 Å². The minimum atomic E-state index is -1.16.